The zero-order valence-corrected chi connectivity index (χ0v) is 14.4. The minimum absolute atomic E-state index is 0.0878. The molecule has 5 heteroatoms. The van der Waals surface area contributed by atoms with Gasteiger partial charge in [-0.15, -0.1) is 0 Å². The predicted molar refractivity (Wildman–Crippen MR) is 94.3 cm³/mol. The van der Waals surface area contributed by atoms with Crippen molar-refractivity contribution in [3.05, 3.63) is 41.5 Å². The van der Waals surface area contributed by atoms with Crippen molar-refractivity contribution in [2.75, 3.05) is 19.8 Å². The van der Waals surface area contributed by atoms with E-state index in [1.807, 2.05) is 6.92 Å². The van der Waals surface area contributed by atoms with Crippen molar-refractivity contribution in [3.8, 4) is 0 Å². The molecule has 1 saturated heterocycles. The van der Waals surface area contributed by atoms with Gasteiger partial charge in [-0.3, -0.25) is 9.69 Å². The number of urea groups is 1. The van der Waals surface area contributed by atoms with Crippen molar-refractivity contribution >= 4 is 17.5 Å². The van der Waals surface area contributed by atoms with E-state index in [1.165, 1.54) is 21.6 Å². The van der Waals surface area contributed by atoms with Crippen molar-refractivity contribution in [3.63, 3.8) is 0 Å². The highest BCUT2D eigenvalue weighted by Gasteiger charge is 2.38. The third-order valence-electron chi connectivity index (χ3n) is 4.74. The Morgan fingerprint density at radius 1 is 1.21 bits per heavy atom. The second-order valence-electron chi connectivity index (χ2n) is 6.62. The summed E-state index contributed by atoms with van der Waals surface area (Å²) in [6.45, 7) is 6.10. The molecule has 128 valence electrons. The van der Waals surface area contributed by atoms with Crippen LogP contribution in [0.4, 0.5) is 4.79 Å². The molecule has 5 nitrogen and oxygen atoms in total. The van der Waals surface area contributed by atoms with Gasteiger partial charge in [-0.05, 0) is 30.9 Å². The molecule has 2 aliphatic heterocycles. The van der Waals surface area contributed by atoms with Crippen LogP contribution in [0.15, 0.2) is 30.3 Å². The van der Waals surface area contributed by atoms with Gasteiger partial charge in [0.05, 0.1) is 6.67 Å². The lowest BCUT2D eigenvalue weighted by molar-refractivity contribution is -0.129. The molecule has 1 fully saturated rings. The number of hydrogen-bond acceptors (Lipinski definition) is 3. The first-order valence-electron chi connectivity index (χ1n) is 8.68. The molecule has 0 bridgehead atoms. The third kappa shape index (κ3) is 3.51. The van der Waals surface area contributed by atoms with Gasteiger partial charge in [0.1, 0.15) is 6.04 Å². The number of rotatable bonds is 5. The monoisotopic (exact) mass is 327 g/mol. The zero-order valence-electron chi connectivity index (χ0n) is 14.4. The molecular weight excluding hydrogens is 302 g/mol. The molecule has 3 amide bonds. The van der Waals surface area contributed by atoms with E-state index in [-0.39, 0.29) is 18.0 Å². The maximum Gasteiger partial charge on any atom is 0.325 e. The number of amides is 3. The normalized spacial score (nSPS) is 21.8. The smallest absolute Gasteiger partial charge is 0.325 e. The van der Waals surface area contributed by atoms with E-state index in [1.54, 1.807) is 0 Å². The van der Waals surface area contributed by atoms with Crippen LogP contribution < -0.4 is 5.32 Å². The fourth-order valence-corrected chi connectivity index (χ4v) is 3.26. The fraction of sp³-hybridized carbons (Fsp3) is 0.474. The van der Waals surface area contributed by atoms with Crippen LogP contribution in [0.1, 0.15) is 37.3 Å². The Kier molecular flexibility index (Phi) is 5.00. The van der Waals surface area contributed by atoms with Crippen molar-refractivity contribution in [2.24, 2.45) is 0 Å². The number of carbonyl (C=O) groups is 2. The minimum Gasteiger partial charge on any atom is -0.326 e. The molecular formula is C19H25N3O2. The van der Waals surface area contributed by atoms with Crippen molar-refractivity contribution in [2.45, 2.75) is 39.2 Å². The van der Waals surface area contributed by atoms with E-state index in [4.69, 9.17) is 0 Å². The van der Waals surface area contributed by atoms with Crippen LogP contribution in [0.3, 0.4) is 0 Å². The van der Waals surface area contributed by atoms with Crippen LogP contribution in [-0.4, -0.2) is 47.5 Å². The molecule has 3 rings (SSSR count). The van der Waals surface area contributed by atoms with E-state index in [0.717, 1.165) is 25.9 Å². The lowest BCUT2D eigenvalue weighted by Crippen LogP contribution is -2.43. The molecule has 0 unspecified atom stereocenters. The van der Waals surface area contributed by atoms with E-state index in [9.17, 15) is 9.59 Å². The number of imide groups is 1. The average Bonchev–Trinajstić information content (AvgIpc) is 2.84. The quantitative estimate of drug-likeness (QED) is 0.846. The maximum atomic E-state index is 12.3. The Morgan fingerprint density at radius 3 is 2.58 bits per heavy atom. The summed E-state index contributed by atoms with van der Waals surface area (Å²) in [6, 6.07) is 7.97. The molecule has 1 aromatic rings. The Morgan fingerprint density at radius 2 is 1.96 bits per heavy atom. The number of benzene rings is 1. The van der Waals surface area contributed by atoms with Gasteiger partial charge >= 0.3 is 6.03 Å². The summed E-state index contributed by atoms with van der Waals surface area (Å²) in [5.41, 5.74) is 3.86. The van der Waals surface area contributed by atoms with Crippen LogP contribution in [0.5, 0.6) is 0 Å². The fourth-order valence-electron chi connectivity index (χ4n) is 3.26. The van der Waals surface area contributed by atoms with Gasteiger partial charge in [0.15, 0.2) is 0 Å². The molecule has 1 atom stereocenters. The predicted octanol–water partition coefficient (Wildman–Crippen LogP) is 2.76. The van der Waals surface area contributed by atoms with Gasteiger partial charge in [-0.25, -0.2) is 9.69 Å². The number of nitrogens with one attached hydrogen (secondary N) is 1. The van der Waals surface area contributed by atoms with Crippen molar-refractivity contribution in [1.29, 1.82) is 0 Å². The first kappa shape index (κ1) is 16.7. The Hall–Kier alpha value is -2.14. The van der Waals surface area contributed by atoms with Gasteiger partial charge in [0.2, 0.25) is 0 Å². The second kappa shape index (κ2) is 7.18. The molecule has 24 heavy (non-hydrogen) atoms. The van der Waals surface area contributed by atoms with E-state index in [2.05, 4.69) is 47.5 Å². The van der Waals surface area contributed by atoms with E-state index < -0.39 is 0 Å². The number of aryl methyl sites for hydroxylation is 1. The second-order valence-corrected chi connectivity index (χ2v) is 6.62. The maximum absolute atomic E-state index is 12.3. The molecule has 2 heterocycles. The largest absolute Gasteiger partial charge is 0.326 e. The van der Waals surface area contributed by atoms with Crippen LogP contribution in [-0.2, 0) is 4.79 Å². The molecule has 0 aromatic heterocycles. The lowest BCUT2D eigenvalue weighted by Gasteiger charge is -2.29. The standard InChI is InChI=1S/C19H25N3O2/c1-3-4-17-18(23)22(19(24)20-17)13-21-11-9-16(10-12-21)15-7-5-14(2)6-8-15/h5-9,17H,3-4,10-13H2,1-2H3,(H,20,24)/t17-/m0/s1. The van der Waals surface area contributed by atoms with Crippen LogP contribution in [0, 0.1) is 6.92 Å². The highest BCUT2D eigenvalue weighted by molar-refractivity contribution is 6.04. The summed E-state index contributed by atoms with van der Waals surface area (Å²) < 4.78 is 0. The highest BCUT2D eigenvalue weighted by Crippen LogP contribution is 2.23. The third-order valence-corrected chi connectivity index (χ3v) is 4.74. The van der Waals surface area contributed by atoms with Crippen molar-refractivity contribution < 1.29 is 9.59 Å². The van der Waals surface area contributed by atoms with Crippen LogP contribution in [0.25, 0.3) is 5.57 Å². The SMILES string of the molecule is CCC[C@@H]1NC(=O)N(CN2CC=C(c3ccc(C)cc3)CC2)C1=O. The summed E-state index contributed by atoms with van der Waals surface area (Å²) in [7, 11) is 0. The van der Waals surface area contributed by atoms with Crippen molar-refractivity contribution in [1.82, 2.24) is 15.1 Å². The topological polar surface area (TPSA) is 52.7 Å². The summed E-state index contributed by atoms with van der Waals surface area (Å²) in [4.78, 5) is 27.8. The summed E-state index contributed by atoms with van der Waals surface area (Å²) in [5.74, 6) is -0.0878. The van der Waals surface area contributed by atoms with Gasteiger partial charge in [0.25, 0.3) is 5.91 Å². The summed E-state index contributed by atoms with van der Waals surface area (Å²) >= 11 is 0. The minimum atomic E-state index is -0.342. The Balaban J connectivity index is 1.60. The molecule has 0 radical (unpaired) electrons. The molecule has 0 aliphatic carbocycles. The van der Waals surface area contributed by atoms with Gasteiger partial charge in [0, 0.05) is 13.1 Å². The number of nitrogens with zero attached hydrogens (tertiary/aromatic N) is 2. The summed E-state index contributed by atoms with van der Waals surface area (Å²) in [5, 5.41) is 2.78. The number of carbonyl (C=O) groups excluding carboxylic acids is 2. The van der Waals surface area contributed by atoms with Crippen LogP contribution >= 0.6 is 0 Å². The first-order valence-corrected chi connectivity index (χ1v) is 8.68. The van der Waals surface area contributed by atoms with E-state index in [0.29, 0.717) is 13.1 Å². The number of hydrogen-bond donors (Lipinski definition) is 1. The molecule has 2 aliphatic rings. The molecule has 0 saturated carbocycles. The molecule has 0 spiro atoms. The lowest BCUT2D eigenvalue weighted by atomic mass is 9.99. The van der Waals surface area contributed by atoms with Gasteiger partial charge in [-0.1, -0.05) is 49.2 Å². The first-order chi connectivity index (χ1) is 11.6. The van der Waals surface area contributed by atoms with Gasteiger partial charge in [-0.2, -0.15) is 0 Å². The summed E-state index contributed by atoms with van der Waals surface area (Å²) in [6.07, 6.45) is 4.73. The van der Waals surface area contributed by atoms with Crippen LogP contribution in [0.2, 0.25) is 0 Å². The van der Waals surface area contributed by atoms with Gasteiger partial charge < -0.3 is 5.32 Å². The molecule has 1 aromatic carbocycles. The Labute approximate surface area is 143 Å². The molecule has 1 N–H and O–H groups in total. The van der Waals surface area contributed by atoms with E-state index >= 15 is 0 Å². The Bertz CT molecular complexity index is 651. The highest BCUT2D eigenvalue weighted by atomic mass is 16.2. The average molecular weight is 327 g/mol. The zero-order chi connectivity index (χ0) is 17.1.